The molecule has 0 fully saturated rings. The first-order valence-corrected chi connectivity index (χ1v) is 6.82. The van der Waals surface area contributed by atoms with Gasteiger partial charge in [0.1, 0.15) is 5.75 Å². The van der Waals surface area contributed by atoms with Gasteiger partial charge in [-0.2, -0.15) is 5.26 Å². The van der Waals surface area contributed by atoms with Crippen LogP contribution in [-0.4, -0.2) is 37.2 Å². The summed E-state index contributed by atoms with van der Waals surface area (Å²) in [6.45, 7) is 4.75. The second-order valence-electron chi connectivity index (χ2n) is 4.26. The van der Waals surface area contributed by atoms with Crippen LogP contribution in [0.15, 0.2) is 24.3 Å². The molecule has 1 amide bonds. The number of hydrogen-bond acceptors (Lipinski definition) is 5. The third-order valence-corrected chi connectivity index (χ3v) is 2.96. The summed E-state index contributed by atoms with van der Waals surface area (Å²) in [5.74, 6) is -0.264. The lowest BCUT2D eigenvalue weighted by molar-refractivity contribution is -0.134. The van der Waals surface area contributed by atoms with Gasteiger partial charge >= 0.3 is 12.1 Å². The molecule has 1 aromatic rings. The van der Waals surface area contributed by atoms with Crippen molar-refractivity contribution in [3.8, 4) is 11.8 Å². The summed E-state index contributed by atoms with van der Waals surface area (Å²) in [7, 11) is 1.26. The fourth-order valence-electron chi connectivity index (χ4n) is 1.71. The predicted molar refractivity (Wildman–Crippen MR) is 81.2 cm³/mol. The second-order valence-corrected chi connectivity index (χ2v) is 4.26. The Bertz CT molecular complexity index is 613. The Morgan fingerprint density at radius 2 is 2.00 bits per heavy atom. The molecule has 0 saturated heterocycles. The number of methoxy groups -OCH3 is 1. The zero-order chi connectivity index (χ0) is 16.5. The number of nitrogens with zero attached hydrogens (tertiary/aromatic N) is 2. The summed E-state index contributed by atoms with van der Waals surface area (Å²) in [5, 5.41) is 8.94. The minimum Gasteiger partial charge on any atom is -0.466 e. The topological polar surface area (TPSA) is 79.6 Å². The van der Waals surface area contributed by atoms with Gasteiger partial charge < -0.3 is 14.4 Å². The van der Waals surface area contributed by atoms with Crippen molar-refractivity contribution in [1.29, 1.82) is 5.26 Å². The van der Waals surface area contributed by atoms with Gasteiger partial charge in [-0.1, -0.05) is 0 Å². The SMILES string of the molecule is CCN(CC)C(=O)Oc1ccc(C#N)cc1/C=C/C(=O)OC. The highest BCUT2D eigenvalue weighted by atomic mass is 16.6. The van der Waals surface area contributed by atoms with Crippen molar-refractivity contribution < 1.29 is 19.1 Å². The van der Waals surface area contributed by atoms with Crippen LogP contribution in [-0.2, 0) is 9.53 Å². The average molecular weight is 302 g/mol. The molecule has 0 aliphatic rings. The van der Waals surface area contributed by atoms with Gasteiger partial charge in [0.05, 0.1) is 18.7 Å². The van der Waals surface area contributed by atoms with E-state index < -0.39 is 12.1 Å². The van der Waals surface area contributed by atoms with Crippen LogP contribution in [0, 0.1) is 11.3 Å². The summed E-state index contributed by atoms with van der Waals surface area (Å²) in [6.07, 6.45) is 2.16. The van der Waals surface area contributed by atoms with Crippen LogP contribution < -0.4 is 4.74 Å². The van der Waals surface area contributed by atoms with Gasteiger partial charge in [0, 0.05) is 24.7 Å². The first kappa shape index (κ1) is 17.2. The molecule has 0 N–H and O–H groups in total. The number of esters is 1. The van der Waals surface area contributed by atoms with Crippen LogP contribution in [0.2, 0.25) is 0 Å². The van der Waals surface area contributed by atoms with Crippen LogP contribution in [0.4, 0.5) is 4.79 Å². The zero-order valence-corrected chi connectivity index (χ0v) is 12.8. The molecule has 0 heterocycles. The van der Waals surface area contributed by atoms with E-state index in [-0.39, 0.29) is 5.75 Å². The Balaban J connectivity index is 3.08. The van der Waals surface area contributed by atoms with Crippen LogP contribution >= 0.6 is 0 Å². The molecule has 0 aromatic heterocycles. The van der Waals surface area contributed by atoms with E-state index in [1.54, 1.807) is 6.07 Å². The average Bonchev–Trinajstić information content (AvgIpc) is 2.54. The van der Waals surface area contributed by atoms with Crippen molar-refractivity contribution in [2.24, 2.45) is 0 Å². The van der Waals surface area contributed by atoms with E-state index in [0.717, 1.165) is 0 Å². The molecule has 0 saturated carbocycles. The maximum atomic E-state index is 12.0. The Morgan fingerprint density at radius 1 is 1.32 bits per heavy atom. The minimum absolute atomic E-state index is 0.274. The molecule has 0 aliphatic carbocycles. The molecule has 0 bridgehead atoms. The van der Waals surface area contributed by atoms with E-state index in [0.29, 0.717) is 24.2 Å². The third-order valence-electron chi connectivity index (χ3n) is 2.96. The number of hydrogen-bond donors (Lipinski definition) is 0. The van der Waals surface area contributed by atoms with Crippen LogP contribution in [0.1, 0.15) is 25.0 Å². The lowest BCUT2D eigenvalue weighted by atomic mass is 10.1. The number of nitriles is 1. The lowest BCUT2D eigenvalue weighted by Gasteiger charge is -2.18. The van der Waals surface area contributed by atoms with E-state index in [2.05, 4.69) is 4.74 Å². The van der Waals surface area contributed by atoms with Crippen molar-refractivity contribution >= 4 is 18.1 Å². The highest BCUT2D eigenvalue weighted by molar-refractivity contribution is 5.88. The fourth-order valence-corrected chi connectivity index (χ4v) is 1.71. The monoisotopic (exact) mass is 302 g/mol. The van der Waals surface area contributed by atoms with Gasteiger partial charge in [-0.15, -0.1) is 0 Å². The summed E-state index contributed by atoms with van der Waals surface area (Å²) in [4.78, 5) is 24.7. The van der Waals surface area contributed by atoms with E-state index in [9.17, 15) is 9.59 Å². The molecule has 6 nitrogen and oxygen atoms in total. The van der Waals surface area contributed by atoms with Crippen LogP contribution in [0.25, 0.3) is 6.08 Å². The summed E-state index contributed by atoms with van der Waals surface area (Å²) >= 11 is 0. The molecule has 1 rings (SSSR count). The van der Waals surface area contributed by atoms with E-state index in [1.807, 2.05) is 19.9 Å². The molecular formula is C16H18N2O4. The molecule has 0 radical (unpaired) electrons. The largest absolute Gasteiger partial charge is 0.466 e. The van der Waals surface area contributed by atoms with Crippen LogP contribution in [0.3, 0.4) is 0 Å². The summed E-state index contributed by atoms with van der Waals surface area (Å²) in [6, 6.07) is 6.59. The number of carbonyl (C=O) groups excluding carboxylic acids is 2. The molecular weight excluding hydrogens is 284 g/mol. The van der Waals surface area contributed by atoms with Gasteiger partial charge in [0.25, 0.3) is 0 Å². The normalized spacial score (nSPS) is 10.1. The maximum Gasteiger partial charge on any atom is 0.415 e. The third kappa shape index (κ3) is 4.63. The molecule has 0 unspecified atom stereocenters. The highest BCUT2D eigenvalue weighted by Crippen LogP contribution is 2.22. The minimum atomic E-state index is -0.539. The van der Waals surface area contributed by atoms with Gasteiger partial charge in [-0.25, -0.2) is 9.59 Å². The fraction of sp³-hybridized carbons (Fsp3) is 0.312. The molecule has 0 atom stereocenters. The van der Waals surface area contributed by atoms with Crippen molar-refractivity contribution in [2.75, 3.05) is 20.2 Å². The highest BCUT2D eigenvalue weighted by Gasteiger charge is 2.14. The number of rotatable bonds is 5. The predicted octanol–water partition coefficient (Wildman–Crippen LogP) is 2.59. The van der Waals surface area contributed by atoms with Gasteiger partial charge in [-0.3, -0.25) is 0 Å². The van der Waals surface area contributed by atoms with Gasteiger partial charge in [-0.05, 0) is 38.1 Å². The first-order chi connectivity index (χ1) is 10.5. The zero-order valence-electron chi connectivity index (χ0n) is 12.8. The Labute approximate surface area is 129 Å². The smallest absolute Gasteiger partial charge is 0.415 e. The number of amides is 1. The van der Waals surface area contributed by atoms with E-state index >= 15 is 0 Å². The van der Waals surface area contributed by atoms with Crippen molar-refractivity contribution in [1.82, 2.24) is 4.90 Å². The Hall–Kier alpha value is -2.81. The number of benzene rings is 1. The molecule has 1 aromatic carbocycles. The maximum absolute atomic E-state index is 12.0. The van der Waals surface area contributed by atoms with Crippen LogP contribution in [0.5, 0.6) is 5.75 Å². The standard InChI is InChI=1S/C16H18N2O4/c1-4-18(5-2)16(20)22-14-8-6-12(11-17)10-13(14)7-9-15(19)21-3/h6-10H,4-5H2,1-3H3/b9-7+. The van der Waals surface area contributed by atoms with E-state index in [1.165, 1.54) is 36.3 Å². The molecule has 22 heavy (non-hydrogen) atoms. The Morgan fingerprint density at radius 3 is 2.55 bits per heavy atom. The molecule has 6 heteroatoms. The quantitative estimate of drug-likeness (QED) is 0.617. The number of ether oxygens (including phenoxy) is 2. The number of carbonyl (C=O) groups is 2. The van der Waals surface area contributed by atoms with Gasteiger partial charge in [0.2, 0.25) is 0 Å². The van der Waals surface area contributed by atoms with E-state index in [4.69, 9.17) is 10.00 Å². The van der Waals surface area contributed by atoms with Crippen molar-refractivity contribution in [2.45, 2.75) is 13.8 Å². The van der Waals surface area contributed by atoms with Crippen molar-refractivity contribution in [3.05, 3.63) is 35.4 Å². The molecule has 0 aliphatic heterocycles. The van der Waals surface area contributed by atoms with Gasteiger partial charge in [0.15, 0.2) is 0 Å². The summed E-state index contributed by atoms with van der Waals surface area (Å²) in [5.41, 5.74) is 0.845. The second kappa shape index (κ2) is 8.47. The Kier molecular flexibility index (Phi) is 6.64. The molecule has 116 valence electrons. The first-order valence-electron chi connectivity index (χ1n) is 6.82. The van der Waals surface area contributed by atoms with Crippen molar-refractivity contribution in [3.63, 3.8) is 0 Å². The summed E-state index contributed by atoms with van der Waals surface area (Å²) < 4.78 is 9.84. The lowest BCUT2D eigenvalue weighted by Crippen LogP contribution is -2.33. The molecule has 0 spiro atoms.